The summed E-state index contributed by atoms with van der Waals surface area (Å²) in [5.74, 6) is -0.0133. The van der Waals surface area contributed by atoms with Crippen molar-refractivity contribution in [2.45, 2.75) is 77.8 Å². The van der Waals surface area contributed by atoms with Crippen LogP contribution in [-0.4, -0.2) is 120 Å². The number of fused-ring (bicyclic) bond motifs is 3. The first-order chi connectivity index (χ1) is 26.6. The number of benzene rings is 2. The van der Waals surface area contributed by atoms with Gasteiger partial charge in [-0.25, -0.2) is 4.79 Å². The van der Waals surface area contributed by atoms with Crippen molar-refractivity contribution in [2.24, 2.45) is 5.92 Å². The van der Waals surface area contributed by atoms with Crippen LogP contribution in [0.15, 0.2) is 67.5 Å². The number of H-pyrrole nitrogens is 1. The molecule has 2 aliphatic rings. The lowest BCUT2D eigenvalue weighted by atomic mass is 9.72. The first kappa shape index (κ1) is 42.2. The number of carbonyl (C=O) groups is 2. The van der Waals surface area contributed by atoms with Crippen LogP contribution in [0.3, 0.4) is 0 Å². The van der Waals surface area contributed by atoms with Crippen LogP contribution in [0.4, 0.5) is 10.5 Å². The summed E-state index contributed by atoms with van der Waals surface area (Å²) in [5, 5.41) is 9.62. The van der Waals surface area contributed by atoms with Gasteiger partial charge in [0.25, 0.3) is 0 Å². The minimum atomic E-state index is -0.280. The van der Waals surface area contributed by atoms with Gasteiger partial charge in [0.15, 0.2) is 0 Å². The Kier molecular flexibility index (Phi) is 15.6. The fourth-order valence-corrected chi connectivity index (χ4v) is 8.59. The normalized spacial score (nSPS) is 18.5. The predicted octanol–water partition coefficient (Wildman–Crippen LogP) is 8.00. The molecule has 3 amide bonds. The van der Waals surface area contributed by atoms with Gasteiger partial charge < -0.3 is 25.4 Å². The standard InChI is InChI=1S/C26H37N5O2.C18H26ClN3/c1-5-11-30-17-19(25(32)31(26(33)27-6-2)13-8-12-29(3)4)14-21-20-9-7-10-22-24(20)18(16-28-22)15-23(21)30;1-4-22(5-2)12-6-7-14(3)21-17-10-11-20-18-13-15(19)8-9-16(17)18/h5,7,9-10,16,19,21,23,28H,1,6,8,11-15,17H2,2-4H3,(H,27,33);8-11,13-14H,4-7,12H2,1-3H3,(H,20,21)/t19-,21-,23-;/m1./s1. The molecule has 10 nitrogen and oxygen atoms in total. The summed E-state index contributed by atoms with van der Waals surface area (Å²) in [4.78, 5) is 42.8. The van der Waals surface area contributed by atoms with Crippen LogP contribution in [0.5, 0.6) is 0 Å². The number of carbonyl (C=O) groups excluding carboxylic acids is 2. The molecule has 4 aromatic rings. The molecular weight excluding hydrogens is 708 g/mol. The van der Waals surface area contributed by atoms with Crippen LogP contribution in [0.25, 0.3) is 21.8 Å². The van der Waals surface area contributed by atoms with Crippen LogP contribution in [0.2, 0.25) is 5.02 Å². The summed E-state index contributed by atoms with van der Waals surface area (Å²) < 4.78 is 0. The summed E-state index contributed by atoms with van der Waals surface area (Å²) in [6.07, 6.45) is 10.8. The number of piperidine rings is 1. The number of anilines is 1. The topological polar surface area (TPSA) is 99.8 Å². The molecule has 2 aromatic carbocycles. The largest absolute Gasteiger partial charge is 0.382 e. The second-order valence-electron chi connectivity index (χ2n) is 15.4. The minimum absolute atomic E-state index is 0.0562. The van der Waals surface area contributed by atoms with Gasteiger partial charge in [0.1, 0.15) is 0 Å². The molecule has 0 radical (unpaired) electrons. The summed E-state index contributed by atoms with van der Waals surface area (Å²) in [5.41, 5.74) is 5.92. The van der Waals surface area contributed by atoms with Gasteiger partial charge in [-0.3, -0.25) is 19.6 Å². The number of imide groups is 1. The zero-order valence-corrected chi connectivity index (χ0v) is 34.7. The Morgan fingerprint density at radius 2 is 1.89 bits per heavy atom. The third-order valence-electron chi connectivity index (χ3n) is 11.2. The number of likely N-dealkylation sites (tertiary alicyclic amines) is 1. The second-order valence-corrected chi connectivity index (χ2v) is 15.8. The molecule has 3 N–H and O–H groups in total. The highest BCUT2D eigenvalue weighted by atomic mass is 35.5. The average molecular weight is 771 g/mol. The van der Waals surface area contributed by atoms with Crippen LogP contribution in [0, 0.1) is 5.92 Å². The molecule has 0 saturated carbocycles. The smallest absolute Gasteiger partial charge is 0.324 e. The maximum Gasteiger partial charge on any atom is 0.324 e. The molecule has 0 bridgehead atoms. The minimum Gasteiger partial charge on any atom is -0.382 e. The van der Waals surface area contributed by atoms with Crippen molar-refractivity contribution in [3.8, 4) is 0 Å². The van der Waals surface area contributed by atoms with E-state index in [9.17, 15) is 9.59 Å². The van der Waals surface area contributed by atoms with E-state index in [0.29, 0.717) is 31.7 Å². The Bertz CT molecular complexity index is 1870. The number of aromatic nitrogens is 2. The molecule has 2 aromatic heterocycles. The highest BCUT2D eigenvalue weighted by Gasteiger charge is 2.44. The fraction of sp³-hybridized carbons (Fsp3) is 0.523. The molecule has 4 atom stereocenters. The van der Waals surface area contributed by atoms with E-state index in [1.807, 2.05) is 57.6 Å². The van der Waals surface area contributed by atoms with Gasteiger partial charge in [0.05, 0.1) is 11.4 Å². The van der Waals surface area contributed by atoms with Crippen molar-refractivity contribution in [1.29, 1.82) is 0 Å². The molecule has 11 heteroatoms. The van der Waals surface area contributed by atoms with Crippen molar-refractivity contribution in [1.82, 2.24) is 34.9 Å². The van der Waals surface area contributed by atoms with Crippen LogP contribution < -0.4 is 10.6 Å². The van der Waals surface area contributed by atoms with Gasteiger partial charge in [-0.1, -0.05) is 43.7 Å². The van der Waals surface area contributed by atoms with Gasteiger partial charge in [0, 0.05) is 83.6 Å². The van der Waals surface area contributed by atoms with Crippen LogP contribution in [0.1, 0.15) is 70.4 Å². The lowest BCUT2D eigenvalue weighted by Gasteiger charge is -2.47. The molecule has 55 heavy (non-hydrogen) atoms. The van der Waals surface area contributed by atoms with E-state index >= 15 is 0 Å². The number of hydrogen-bond acceptors (Lipinski definition) is 7. The van der Waals surface area contributed by atoms with Crippen LogP contribution >= 0.6 is 11.6 Å². The second kappa shape index (κ2) is 20.3. The first-order valence-corrected chi connectivity index (χ1v) is 20.7. The van der Waals surface area contributed by atoms with Crippen LogP contribution in [-0.2, 0) is 11.2 Å². The predicted molar refractivity (Wildman–Crippen MR) is 229 cm³/mol. The van der Waals surface area contributed by atoms with E-state index in [1.165, 1.54) is 34.4 Å². The highest BCUT2D eigenvalue weighted by molar-refractivity contribution is 6.31. The van der Waals surface area contributed by atoms with E-state index in [4.69, 9.17) is 11.6 Å². The quantitative estimate of drug-likeness (QED) is 0.0994. The van der Waals surface area contributed by atoms with Crippen molar-refractivity contribution in [3.63, 3.8) is 0 Å². The summed E-state index contributed by atoms with van der Waals surface area (Å²) in [6.45, 7) is 19.1. The van der Waals surface area contributed by atoms with E-state index in [1.54, 1.807) is 0 Å². The average Bonchev–Trinajstić information content (AvgIpc) is 3.59. The third-order valence-corrected chi connectivity index (χ3v) is 11.5. The molecule has 1 unspecified atom stereocenters. The molecule has 1 aliphatic carbocycles. The van der Waals surface area contributed by atoms with Crippen molar-refractivity contribution in [2.75, 3.05) is 71.8 Å². The number of aromatic amines is 1. The number of hydrogen-bond donors (Lipinski definition) is 3. The van der Waals surface area contributed by atoms with Crippen molar-refractivity contribution >= 4 is 51.0 Å². The molecule has 1 saturated heterocycles. The van der Waals surface area contributed by atoms with Gasteiger partial charge >= 0.3 is 6.03 Å². The number of amides is 3. The summed E-state index contributed by atoms with van der Waals surface area (Å²) >= 11 is 6.04. The Morgan fingerprint density at radius 3 is 2.62 bits per heavy atom. The maximum atomic E-state index is 13.7. The zero-order valence-electron chi connectivity index (χ0n) is 33.9. The SMILES string of the molecule is C=CCN1C[C@H](C(=O)N(CCCN(C)C)C(=O)NCC)C[C@@H]2c3cccc4[nH]cc(c34)C[C@H]21.CCN(CC)CCCC(C)Nc1ccnc2cc(Cl)ccc12. The molecule has 3 heterocycles. The van der Waals surface area contributed by atoms with Gasteiger partial charge in [-0.2, -0.15) is 0 Å². The van der Waals surface area contributed by atoms with Crippen molar-refractivity contribution < 1.29 is 9.59 Å². The Hall–Kier alpha value is -3.96. The van der Waals surface area contributed by atoms with Gasteiger partial charge in [0.2, 0.25) is 5.91 Å². The van der Waals surface area contributed by atoms with Crippen molar-refractivity contribution in [3.05, 3.63) is 83.7 Å². The molecule has 1 fully saturated rings. The van der Waals surface area contributed by atoms with Gasteiger partial charge in [-0.05, 0) is 128 Å². The van der Waals surface area contributed by atoms with E-state index in [-0.39, 0.29) is 23.8 Å². The van der Waals surface area contributed by atoms with E-state index in [2.05, 4.69) is 87.0 Å². The molecule has 298 valence electrons. The Morgan fingerprint density at radius 1 is 1.09 bits per heavy atom. The molecule has 1 aliphatic heterocycles. The van der Waals surface area contributed by atoms with E-state index < -0.39 is 0 Å². The lowest BCUT2D eigenvalue weighted by Crippen LogP contribution is -2.55. The zero-order chi connectivity index (χ0) is 39.5. The molecular formula is C44H63ClN8O2. The number of rotatable bonds is 16. The van der Waals surface area contributed by atoms with E-state index in [0.717, 1.165) is 79.0 Å². The number of nitrogens with zero attached hydrogens (tertiary/aromatic N) is 5. The number of nitrogens with one attached hydrogen (secondary N) is 3. The molecule has 0 spiro atoms. The monoisotopic (exact) mass is 770 g/mol. The number of pyridine rings is 1. The lowest BCUT2D eigenvalue weighted by molar-refractivity contribution is -0.135. The summed E-state index contributed by atoms with van der Waals surface area (Å²) in [6, 6.07) is 14.8. The first-order valence-electron chi connectivity index (χ1n) is 20.3. The Labute approximate surface area is 333 Å². The van der Waals surface area contributed by atoms with Gasteiger partial charge in [-0.15, -0.1) is 6.58 Å². The summed E-state index contributed by atoms with van der Waals surface area (Å²) in [7, 11) is 4.01. The third kappa shape index (κ3) is 10.7. The Balaban J connectivity index is 0.000000229. The molecule has 6 rings (SSSR count). The highest BCUT2D eigenvalue weighted by Crippen LogP contribution is 2.45. The number of urea groups is 1. The maximum absolute atomic E-state index is 13.7. The fourth-order valence-electron chi connectivity index (χ4n) is 8.42. The number of halogens is 1.